The second kappa shape index (κ2) is 7.32. The van der Waals surface area contributed by atoms with Crippen LogP contribution in [0.5, 0.6) is 0 Å². The fourth-order valence-electron chi connectivity index (χ4n) is 2.79. The molecule has 3 atom stereocenters. The number of thioether (sulfide) groups is 1. The first-order valence-electron chi connectivity index (χ1n) is 7.31. The maximum absolute atomic E-state index is 8.17. The Balaban J connectivity index is 1.68. The van der Waals surface area contributed by atoms with Crippen LogP contribution in [0.4, 0.5) is 0 Å². The Morgan fingerprint density at radius 2 is 1.84 bits per heavy atom. The van der Waals surface area contributed by atoms with E-state index >= 15 is 0 Å². The Hall–Kier alpha value is -0.510. The van der Waals surface area contributed by atoms with Crippen LogP contribution in [0.2, 0.25) is 0 Å². The lowest BCUT2D eigenvalue weighted by molar-refractivity contribution is 0.207. The molecule has 2 rings (SSSR count). The molecular weight excluding hydrogens is 252 g/mol. The van der Waals surface area contributed by atoms with Crippen molar-refractivity contribution >= 4 is 11.8 Å². The number of rotatable bonds is 6. The zero-order valence-electron chi connectivity index (χ0n) is 12.0. The van der Waals surface area contributed by atoms with Gasteiger partial charge in [0.1, 0.15) is 0 Å². The Morgan fingerprint density at radius 3 is 2.47 bits per heavy atom. The first-order chi connectivity index (χ1) is 9.16. The van der Waals surface area contributed by atoms with Crippen molar-refractivity contribution in [1.82, 2.24) is 10.6 Å². The average molecular weight is 277 g/mol. The summed E-state index contributed by atoms with van der Waals surface area (Å²) in [5.41, 5.74) is 8.17. The number of hydrogen-bond donors (Lipinski definition) is 0. The van der Waals surface area contributed by atoms with Crippen LogP contribution in [0.3, 0.4) is 0 Å². The number of nitrogens with one attached hydrogen (secondary N) is 1. The maximum Gasteiger partial charge on any atom is 0.0319 e. The van der Waals surface area contributed by atoms with E-state index < -0.39 is 0 Å². The highest BCUT2D eigenvalue weighted by Gasteiger charge is 2.26. The summed E-state index contributed by atoms with van der Waals surface area (Å²) in [7, 11) is 0. The van der Waals surface area contributed by atoms with Gasteiger partial charge in [-0.25, -0.2) is 0 Å². The summed E-state index contributed by atoms with van der Waals surface area (Å²) in [6.45, 7) is 5.73. The van der Waals surface area contributed by atoms with Gasteiger partial charge in [-0.15, -0.1) is 11.8 Å². The SMILES string of the molecule is C[C@@H]1CC[C@@H](C)N1CC[C@@H]([NH])CSc1ccccc1. The molecule has 19 heavy (non-hydrogen) atoms. The van der Waals surface area contributed by atoms with Crippen molar-refractivity contribution in [3.8, 4) is 0 Å². The van der Waals surface area contributed by atoms with Gasteiger partial charge in [0.2, 0.25) is 0 Å². The molecule has 2 nitrogen and oxygen atoms in total. The smallest absolute Gasteiger partial charge is 0.0319 e. The van der Waals surface area contributed by atoms with Gasteiger partial charge in [-0.3, -0.25) is 10.6 Å². The summed E-state index contributed by atoms with van der Waals surface area (Å²) < 4.78 is 0. The van der Waals surface area contributed by atoms with Gasteiger partial charge < -0.3 is 0 Å². The predicted octanol–water partition coefficient (Wildman–Crippen LogP) is 3.69. The topological polar surface area (TPSA) is 27.0 Å². The molecule has 1 aliphatic rings. The lowest BCUT2D eigenvalue weighted by Crippen LogP contribution is -2.35. The molecule has 1 aromatic carbocycles. The zero-order chi connectivity index (χ0) is 13.7. The molecule has 0 bridgehead atoms. The van der Waals surface area contributed by atoms with Crippen LogP contribution >= 0.6 is 11.8 Å². The minimum atomic E-state index is 0.0465. The number of hydrogen-bond acceptors (Lipinski definition) is 2. The third-order valence-electron chi connectivity index (χ3n) is 4.06. The van der Waals surface area contributed by atoms with Gasteiger partial charge in [-0.05, 0) is 45.2 Å². The van der Waals surface area contributed by atoms with Gasteiger partial charge in [0.25, 0.3) is 0 Å². The number of benzene rings is 1. The molecule has 1 aliphatic heterocycles. The summed E-state index contributed by atoms with van der Waals surface area (Å²) in [6.07, 6.45) is 3.64. The van der Waals surface area contributed by atoms with E-state index in [-0.39, 0.29) is 6.04 Å². The van der Waals surface area contributed by atoms with E-state index in [2.05, 4.69) is 43.0 Å². The summed E-state index contributed by atoms with van der Waals surface area (Å²) >= 11 is 1.81. The molecule has 0 spiro atoms. The van der Waals surface area contributed by atoms with Gasteiger partial charge in [-0.2, -0.15) is 0 Å². The minimum Gasteiger partial charge on any atom is -0.298 e. The second-order valence-electron chi connectivity index (χ2n) is 5.62. The molecule has 0 unspecified atom stereocenters. The van der Waals surface area contributed by atoms with Crippen LogP contribution in [-0.2, 0) is 0 Å². The van der Waals surface area contributed by atoms with Crippen molar-refractivity contribution in [1.29, 1.82) is 0 Å². The largest absolute Gasteiger partial charge is 0.298 e. The van der Waals surface area contributed by atoms with Crippen LogP contribution < -0.4 is 5.73 Å². The van der Waals surface area contributed by atoms with Gasteiger partial charge >= 0.3 is 0 Å². The normalized spacial score (nSPS) is 25.6. The van der Waals surface area contributed by atoms with Crippen molar-refractivity contribution in [2.24, 2.45) is 0 Å². The van der Waals surface area contributed by atoms with Crippen LogP contribution in [0.15, 0.2) is 35.2 Å². The number of likely N-dealkylation sites (tertiary alicyclic amines) is 1. The average Bonchev–Trinajstić information content (AvgIpc) is 2.75. The standard InChI is InChI=1S/C16H25N2S/c1-13-8-9-14(2)18(13)11-10-15(17)12-19-16-6-4-3-5-7-16/h3-7,13-15,17H,8-12H2,1-2H3/t13-,14-,15-/m1/s1. The molecule has 1 fully saturated rings. The summed E-state index contributed by atoms with van der Waals surface area (Å²) in [5, 5.41) is 0. The molecule has 1 heterocycles. The van der Waals surface area contributed by atoms with Crippen molar-refractivity contribution in [2.45, 2.75) is 56.1 Å². The van der Waals surface area contributed by atoms with E-state index in [4.69, 9.17) is 5.73 Å². The third-order valence-corrected chi connectivity index (χ3v) is 5.24. The highest BCUT2D eigenvalue weighted by molar-refractivity contribution is 7.99. The zero-order valence-corrected chi connectivity index (χ0v) is 12.8. The van der Waals surface area contributed by atoms with E-state index in [0.717, 1.165) is 18.7 Å². The molecule has 1 radical (unpaired) electrons. The highest BCUT2D eigenvalue weighted by Crippen LogP contribution is 2.24. The fraction of sp³-hybridized carbons (Fsp3) is 0.625. The molecular formula is C16H25N2S. The lowest BCUT2D eigenvalue weighted by atomic mass is 10.2. The van der Waals surface area contributed by atoms with Gasteiger partial charge in [-0.1, -0.05) is 18.2 Å². The van der Waals surface area contributed by atoms with Crippen LogP contribution in [0.25, 0.3) is 0 Å². The molecule has 0 aliphatic carbocycles. The Morgan fingerprint density at radius 1 is 1.21 bits per heavy atom. The summed E-state index contributed by atoms with van der Waals surface area (Å²) in [6, 6.07) is 11.9. The Labute approximate surface area is 121 Å². The maximum atomic E-state index is 8.17. The first kappa shape index (κ1) is 14.9. The third kappa shape index (κ3) is 4.51. The molecule has 0 saturated carbocycles. The van der Waals surface area contributed by atoms with E-state index in [9.17, 15) is 0 Å². The van der Waals surface area contributed by atoms with Crippen LogP contribution in [-0.4, -0.2) is 35.3 Å². The molecule has 0 aromatic heterocycles. The van der Waals surface area contributed by atoms with E-state index in [0.29, 0.717) is 12.1 Å². The van der Waals surface area contributed by atoms with Crippen molar-refractivity contribution in [3.63, 3.8) is 0 Å². The molecule has 1 N–H and O–H groups in total. The van der Waals surface area contributed by atoms with Crippen molar-refractivity contribution in [3.05, 3.63) is 30.3 Å². The quantitative estimate of drug-likeness (QED) is 0.741. The highest BCUT2D eigenvalue weighted by atomic mass is 32.2. The summed E-state index contributed by atoms with van der Waals surface area (Å²) in [4.78, 5) is 3.86. The summed E-state index contributed by atoms with van der Waals surface area (Å²) in [5.74, 6) is 0.903. The Kier molecular flexibility index (Phi) is 5.74. The monoisotopic (exact) mass is 277 g/mol. The Bertz CT molecular complexity index is 358. The molecule has 1 saturated heterocycles. The first-order valence-corrected chi connectivity index (χ1v) is 8.30. The van der Waals surface area contributed by atoms with Gasteiger partial charge in [0, 0.05) is 35.3 Å². The lowest BCUT2D eigenvalue weighted by Gasteiger charge is -2.26. The molecule has 0 amide bonds. The second-order valence-corrected chi connectivity index (χ2v) is 6.72. The van der Waals surface area contributed by atoms with Gasteiger partial charge in [0.05, 0.1) is 0 Å². The molecule has 3 heteroatoms. The van der Waals surface area contributed by atoms with Crippen molar-refractivity contribution in [2.75, 3.05) is 12.3 Å². The minimum absolute atomic E-state index is 0.0465. The van der Waals surface area contributed by atoms with Crippen LogP contribution in [0, 0.1) is 0 Å². The molecule has 1 aromatic rings. The van der Waals surface area contributed by atoms with E-state index in [1.807, 2.05) is 6.07 Å². The van der Waals surface area contributed by atoms with E-state index in [1.54, 1.807) is 11.8 Å². The molecule has 105 valence electrons. The van der Waals surface area contributed by atoms with Gasteiger partial charge in [0.15, 0.2) is 0 Å². The van der Waals surface area contributed by atoms with E-state index in [1.165, 1.54) is 17.7 Å². The number of nitrogens with zero attached hydrogens (tertiary/aromatic N) is 1. The predicted molar refractivity (Wildman–Crippen MR) is 83.5 cm³/mol. The van der Waals surface area contributed by atoms with Crippen molar-refractivity contribution < 1.29 is 0 Å². The van der Waals surface area contributed by atoms with Crippen LogP contribution in [0.1, 0.15) is 33.1 Å². The fourth-order valence-corrected chi connectivity index (χ4v) is 3.70.